The molecule has 1 atom stereocenters. The van der Waals surface area contributed by atoms with Crippen LogP contribution in [0.2, 0.25) is 0 Å². The maximum absolute atomic E-state index is 10.7. The third-order valence-electron chi connectivity index (χ3n) is 1.87. The van der Waals surface area contributed by atoms with E-state index in [-0.39, 0.29) is 0 Å². The molecule has 1 heterocycles. The summed E-state index contributed by atoms with van der Waals surface area (Å²) in [7, 11) is -0.715. The molecule has 0 amide bonds. The van der Waals surface area contributed by atoms with E-state index in [2.05, 4.69) is 0 Å². The second-order valence-electron chi connectivity index (χ2n) is 2.81. The SMILES string of the molecule is CS(=O)CCN1CCCC1=N. The van der Waals surface area contributed by atoms with Gasteiger partial charge in [-0.3, -0.25) is 9.62 Å². The summed E-state index contributed by atoms with van der Waals surface area (Å²) in [6, 6.07) is 0. The summed E-state index contributed by atoms with van der Waals surface area (Å²) in [4.78, 5) is 2.02. The van der Waals surface area contributed by atoms with Gasteiger partial charge in [0.1, 0.15) is 0 Å². The van der Waals surface area contributed by atoms with E-state index in [0.29, 0.717) is 5.75 Å². The van der Waals surface area contributed by atoms with Gasteiger partial charge in [0.05, 0.1) is 5.84 Å². The van der Waals surface area contributed by atoms with Gasteiger partial charge >= 0.3 is 0 Å². The number of amidine groups is 1. The third kappa shape index (κ3) is 2.61. The zero-order valence-electron chi connectivity index (χ0n) is 6.80. The Morgan fingerprint density at radius 2 is 2.45 bits per heavy atom. The molecule has 1 N–H and O–H groups in total. The van der Waals surface area contributed by atoms with Crippen LogP contribution in [-0.4, -0.2) is 40.0 Å². The molecule has 0 spiro atoms. The fourth-order valence-corrected chi connectivity index (χ4v) is 1.69. The second kappa shape index (κ2) is 3.85. The average Bonchev–Trinajstić information content (AvgIpc) is 2.31. The topological polar surface area (TPSA) is 44.2 Å². The summed E-state index contributed by atoms with van der Waals surface area (Å²) in [5.41, 5.74) is 0. The first-order chi connectivity index (χ1) is 5.20. The van der Waals surface area contributed by atoms with Crippen LogP contribution in [0.15, 0.2) is 0 Å². The predicted octanol–water partition coefficient (Wildman–Crippen LogP) is 0.438. The molecule has 0 bridgehead atoms. The van der Waals surface area contributed by atoms with Gasteiger partial charge in [0.25, 0.3) is 0 Å². The van der Waals surface area contributed by atoms with Gasteiger partial charge in [0.2, 0.25) is 0 Å². The van der Waals surface area contributed by atoms with Crippen molar-refractivity contribution in [3.8, 4) is 0 Å². The molecule has 0 radical (unpaired) electrons. The lowest BCUT2D eigenvalue weighted by Gasteiger charge is -2.15. The lowest BCUT2D eigenvalue weighted by molar-refractivity contribution is 0.478. The van der Waals surface area contributed by atoms with Gasteiger partial charge in [0.15, 0.2) is 0 Å². The monoisotopic (exact) mass is 174 g/mol. The Morgan fingerprint density at radius 3 is 2.91 bits per heavy atom. The molecule has 0 aromatic carbocycles. The lowest BCUT2D eigenvalue weighted by atomic mass is 10.4. The van der Waals surface area contributed by atoms with E-state index in [1.807, 2.05) is 4.90 Å². The third-order valence-corrected chi connectivity index (χ3v) is 2.63. The van der Waals surface area contributed by atoms with E-state index >= 15 is 0 Å². The molecular formula is C7H14N2OS. The molecule has 0 aromatic rings. The molecule has 0 aromatic heterocycles. The molecule has 1 rings (SSSR count). The van der Waals surface area contributed by atoms with Gasteiger partial charge in [0, 0.05) is 42.3 Å². The Labute approximate surface area is 69.7 Å². The Kier molecular flexibility index (Phi) is 3.05. The first-order valence-corrected chi connectivity index (χ1v) is 5.55. The van der Waals surface area contributed by atoms with Gasteiger partial charge in [-0.15, -0.1) is 0 Å². The van der Waals surface area contributed by atoms with Crippen LogP contribution in [0.1, 0.15) is 12.8 Å². The van der Waals surface area contributed by atoms with Gasteiger partial charge in [-0.1, -0.05) is 0 Å². The molecule has 1 aliphatic heterocycles. The minimum absolute atomic E-state index is 0.697. The van der Waals surface area contributed by atoms with Crippen molar-refractivity contribution in [1.29, 1.82) is 5.41 Å². The van der Waals surface area contributed by atoms with E-state index in [4.69, 9.17) is 5.41 Å². The molecule has 1 unspecified atom stereocenters. The van der Waals surface area contributed by atoms with Crippen LogP contribution in [0.5, 0.6) is 0 Å². The van der Waals surface area contributed by atoms with Gasteiger partial charge in [-0.2, -0.15) is 0 Å². The number of nitrogens with zero attached hydrogens (tertiary/aromatic N) is 1. The van der Waals surface area contributed by atoms with Crippen LogP contribution >= 0.6 is 0 Å². The Hall–Kier alpha value is -0.380. The summed E-state index contributed by atoms with van der Waals surface area (Å²) in [5, 5.41) is 7.48. The number of hydrogen-bond donors (Lipinski definition) is 1. The highest BCUT2D eigenvalue weighted by Crippen LogP contribution is 2.08. The van der Waals surface area contributed by atoms with Crippen LogP contribution in [0.4, 0.5) is 0 Å². The summed E-state index contributed by atoms with van der Waals surface area (Å²) < 4.78 is 10.7. The van der Waals surface area contributed by atoms with Crippen molar-refractivity contribution in [2.75, 3.05) is 25.1 Å². The maximum atomic E-state index is 10.7. The highest BCUT2D eigenvalue weighted by atomic mass is 32.2. The van der Waals surface area contributed by atoms with Crippen molar-refractivity contribution in [3.63, 3.8) is 0 Å². The summed E-state index contributed by atoms with van der Waals surface area (Å²) in [5.74, 6) is 1.41. The van der Waals surface area contributed by atoms with Crippen LogP contribution in [0.3, 0.4) is 0 Å². The fourth-order valence-electron chi connectivity index (χ4n) is 1.22. The van der Waals surface area contributed by atoms with Gasteiger partial charge in [-0.05, 0) is 6.42 Å². The highest BCUT2D eigenvalue weighted by Gasteiger charge is 2.15. The summed E-state index contributed by atoms with van der Waals surface area (Å²) in [6.07, 6.45) is 3.70. The molecule has 1 fully saturated rings. The molecule has 0 saturated carbocycles. The fraction of sp³-hybridized carbons (Fsp3) is 0.857. The highest BCUT2D eigenvalue weighted by molar-refractivity contribution is 7.84. The second-order valence-corrected chi connectivity index (χ2v) is 4.37. The normalized spacial score (nSPS) is 20.8. The van der Waals surface area contributed by atoms with Crippen molar-refractivity contribution in [1.82, 2.24) is 4.90 Å². The lowest BCUT2D eigenvalue weighted by Crippen LogP contribution is -2.28. The van der Waals surface area contributed by atoms with E-state index < -0.39 is 10.8 Å². The Morgan fingerprint density at radius 1 is 1.73 bits per heavy atom. The Bertz CT molecular complexity index is 181. The maximum Gasteiger partial charge on any atom is 0.0958 e. The summed E-state index contributed by atoms with van der Waals surface area (Å²) in [6.45, 7) is 1.78. The molecule has 11 heavy (non-hydrogen) atoms. The molecule has 64 valence electrons. The van der Waals surface area contributed by atoms with Crippen LogP contribution < -0.4 is 0 Å². The van der Waals surface area contributed by atoms with Gasteiger partial charge in [-0.25, -0.2) is 0 Å². The number of hydrogen-bond acceptors (Lipinski definition) is 2. The van der Waals surface area contributed by atoms with Crippen molar-refractivity contribution in [3.05, 3.63) is 0 Å². The minimum Gasteiger partial charge on any atom is -0.360 e. The first-order valence-electron chi connectivity index (χ1n) is 3.82. The van der Waals surface area contributed by atoms with E-state index in [1.54, 1.807) is 6.26 Å². The molecule has 0 aliphatic carbocycles. The zero-order chi connectivity index (χ0) is 8.27. The summed E-state index contributed by atoms with van der Waals surface area (Å²) >= 11 is 0. The number of rotatable bonds is 3. The smallest absolute Gasteiger partial charge is 0.0958 e. The molecular weight excluding hydrogens is 160 g/mol. The number of likely N-dealkylation sites (tertiary alicyclic amines) is 1. The van der Waals surface area contributed by atoms with Crippen LogP contribution in [-0.2, 0) is 10.8 Å². The first kappa shape index (κ1) is 8.71. The van der Waals surface area contributed by atoms with E-state index in [9.17, 15) is 4.21 Å². The van der Waals surface area contributed by atoms with Gasteiger partial charge < -0.3 is 4.90 Å². The minimum atomic E-state index is -0.715. The van der Waals surface area contributed by atoms with Crippen molar-refractivity contribution >= 4 is 16.6 Å². The predicted molar refractivity (Wildman–Crippen MR) is 47.5 cm³/mol. The Balaban J connectivity index is 2.26. The van der Waals surface area contributed by atoms with Crippen molar-refractivity contribution in [2.24, 2.45) is 0 Å². The molecule has 1 aliphatic rings. The molecule has 1 saturated heterocycles. The van der Waals surface area contributed by atoms with Crippen LogP contribution in [0.25, 0.3) is 0 Å². The quantitative estimate of drug-likeness (QED) is 0.674. The van der Waals surface area contributed by atoms with Crippen molar-refractivity contribution in [2.45, 2.75) is 12.8 Å². The number of nitrogens with one attached hydrogen (secondary N) is 1. The largest absolute Gasteiger partial charge is 0.360 e. The average molecular weight is 174 g/mol. The van der Waals surface area contributed by atoms with Crippen molar-refractivity contribution < 1.29 is 4.21 Å². The van der Waals surface area contributed by atoms with E-state index in [1.165, 1.54) is 0 Å². The molecule has 4 heteroatoms. The van der Waals surface area contributed by atoms with Crippen LogP contribution in [0, 0.1) is 5.41 Å². The zero-order valence-corrected chi connectivity index (χ0v) is 7.62. The molecule has 3 nitrogen and oxygen atoms in total. The van der Waals surface area contributed by atoms with E-state index in [0.717, 1.165) is 31.8 Å². The standard InChI is InChI=1S/C7H14N2OS/c1-11(10)6-5-9-4-2-3-7(9)8/h8H,2-6H2,1H3.